The number of aryl methyl sites for hydroxylation is 2. The van der Waals surface area contributed by atoms with Gasteiger partial charge in [0.25, 0.3) is 0 Å². The Morgan fingerprint density at radius 2 is 2.29 bits per heavy atom. The van der Waals surface area contributed by atoms with E-state index in [1.165, 1.54) is 0 Å². The molecule has 0 saturated heterocycles. The minimum absolute atomic E-state index is 0.836. The predicted octanol–water partition coefficient (Wildman–Crippen LogP) is 1.92. The van der Waals surface area contributed by atoms with E-state index >= 15 is 0 Å². The third kappa shape index (κ3) is 1.60. The topological polar surface area (TPSA) is 59.4 Å². The van der Waals surface area contributed by atoms with Crippen LogP contribution < -0.4 is 0 Å². The molecule has 5 heteroatoms. The average Bonchev–Trinajstić information content (AvgIpc) is 2.91. The highest BCUT2D eigenvalue weighted by molar-refractivity contribution is 5.77. The first-order valence-electron chi connectivity index (χ1n) is 5.61. The summed E-state index contributed by atoms with van der Waals surface area (Å²) in [5.41, 5.74) is 3.94. The van der Waals surface area contributed by atoms with Crippen LogP contribution in [0.4, 0.5) is 0 Å². The number of imidazole rings is 1. The Bertz CT molecular complexity index is 631. The van der Waals surface area contributed by atoms with E-state index in [4.69, 9.17) is 0 Å². The fourth-order valence-electron chi connectivity index (χ4n) is 1.90. The molecule has 0 amide bonds. The third-order valence-corrected chi connectivity index (χ3v) is 2.82. The first-order chi connectivity index (χ1) is 8.28. The summed E-state index contributed by atoms with van der Waals surface area (Å²) in [5, 5.41) is 4.42. The van der Waals surface area contributed by atoms with Crippen LogP contribution in [0.15, 0.2) is 24.5 Å². The Labute approximate surface area is 98.5 Å². The van der Waals surface area contributed by atoms with Gasteiger partial charge in [0, 0.05) is 13.2 Å². The molecule has 1 N–H and O–H groups in total. The van der Waals surface area contributed by atoms with Crippen LogP contribution >= 0.6 is 0 Å². The summed E-state index contributed by atoms with van der Waals surface area (Å²) >= 11 is 0. The number of hydrogen-bond acceptors (Lipinski definition) is 3. The first kappa shape index (κ1) is 10.0. The molecule has 0 aromatic carbocycles. The van der Waals surface area contributed by atoms with Gasteiger partial charge in [0.15, 0.2) is 5.82 Å². The number of H-pyrrole nitrogens is 1. The Kier molecular flexibility index (Phi) is 2.18. The van der Waals surface area contributed by atoms with Crippen LogP contribution in [-0.2, 0) is 13.5 Å². The summed E-state index contributed by atoms with van der Waals surface area (Å²) < 4.78 is 1.85. The Hall–Kier alpha value is -2.17. The van der Waals surface area contributed by atoms with Crippen molar-refractivity contribution in [1.29, 1.82) is 0 Å². The van der Waals surface area contributed by atoms with Crippen molar-refractivity contribution >= 4 is 11.0 Å². The molecule has 0 bridgehead atoms. The van der Waals surface area contributed by atoms with Crippen molar-refractivity contribution in [3.8, 4) is 11.5 Å². The lowest BCUT2D eigenvalue weighted by Gasteiger charge is -1.95. The normalized spacial score (nSPS) is 11.2. The molecule has 0 radical (unpaired) electrons. The second kappa shape index (κ2) is 3.69. The number of aromatic nitrogens is 5. The standard InChI is InChI=1S/C12H13N5/c1-3-8-6-11(17(2)16-8)12-14-9-4-5-13-7-10(9)15-12/h4-7H,3H2,1-2H3,(H,14,15). The molecule has 17 heavy (non-hydrogen) atoms. The second-order valence-corrected chi connectivity index (χ2v) is 3.98. The second-order valence-electron chi connectivity index (χ2n) is 3.98. The molecule has 3 aromatic heterocycles. The maximum Gasteiger partial charge on any atom is 0.156 e. The zero-order valence-electron chi connectivity index (χ0n) is 9.81. The fourth-order valence-corrected chi connectivity index (χ4v) is 1.90. The van der Waals surface area contributed by atoms with Crippen molar-refractivity contribution in [1.82, 2.24) is 24.7 Å². The first-order valence-corrected chi connectivity index (χ1v) is 5.61. The largest absolute Gasteiger partial charge is 0.335 e. The molecule has 3 aromatic rings. The Morgan fingerprint density at radius 3 is 3.00 bits per heavy atom. The highest BCUT2D eigenvalue weighted by Crippen LogP contribution is 2.20. The zero-order valence-corrected chi connectivity index (χ0v) is 9.81. The lowest BCUT2D eigenvalue weighted by Crippen LogP contribution is -1.95. The van der Waals surface area contributed by atoms with Crippen LogP contribution in [0.2, 0.25) is 0 Å². The molecule has 0 unspecified atom stereocenters. The van der Waals surface area contributed by atoms with Crippen LogP contribution in [0.3, 0.4) is 0 Å². The maximum absolute atomic E-state index is 4.54. The molecule has 0 fully saturated rings. The SMILES string of the molecule is CCc1cc(-c2nc3ccncc3[nH]2)n(C)n1. The van der Waals surface area contributed by atoms with Gasteiger partial charge in [-0.25, -0.2) is 4.98 Å². The number of nitrogens with one attached hydrogen (secondary N) is 1. The van der Waals surface area contributed by atoms with Crippen LogP contribution in [0.25, 0.3) is 22.6 Å². The molecule has 3 heterocycles. The van der Waals surface area contributed by atoms with Crippen molar-refractivity contribution in [2.24, 2.45) is 7.05 Å². The van der Waals surface area contributed by atoms with E-state index < -0.39 is 0 Å². The van der Waals surface area contributed by atoms with Gasteiger partial charge >= 0.3 is 0 Å². The average molecular weight is 227 g/mol. The molecule has 3 rings (SSSR count). The van der Waals surface area contributed by atoms with Gasteiger partial charge in [0.05, 0.1) is 22.9 Å². The summed E-state index contributed by atoms with van der Waals surface area (Å²) in [5.74, 6) is 0.836. The van der Waals surface area contributed by atoms with Crippen molar-refractivity contribution in [2.75, 3.05) is 0 Å². The van der Waals surface area contributed by atoms with Gasteiger partial charge in [-0.3, -0.25) is 9.67 Å². The lowest BCUT2D eigenvalue weighted by molar-refractivity contribution is 0.749. The summed E-state index contributed by atoms with van der Waals surface area (Å²) in [6.07, 6.45) is 4.45. The molecule has 0 aliphatic rings. The molecular formula is C12H13N5. The third-order valence-electron chi connectivity index (χ3n) is 2.82. The van der Waals surface area contributed by atoms with Gasteiger partial charge in [-0.15, -0.1) is 0 Å². The van der Waals surface area contributed by atoms with Gasteiger partial charge < -0.3 is 4.98 Å². The van der Waals surface area contributed by atoms with Crippen LogP contribution in [0.1, 0.15) is 12.6 Å². The van der Waals surface area contributed by atoms with Crippen molar-refractivity contribution < 1.29 is 0 Å². The molecule has 0 saturated carbocycles. The molecule has 86 valence electrons. The van der Waals surface area contributed by atoms with Crippen molar-refractivity contribution in [2.45, 2.75) is 13.3 Å². The van der Waals surface area contributed by atoms with Crippen LogP contribution in [0, 0.1) is 0 Å². The van der Waals surface area contributed by atoms with E-state index in [9.17, 15) is 0 Å². The number of fused-ring (bicyclic) bond motifs is 1. The van der Waals surface area contributed by atoms with Gasteiger partial charge in [0.1, 0.15) is 5.69 Å². The van der Waals surface area contributed by atoms with Crippen molar-refractivity contribution in [3.63, 3.8) is 0 Å². The monoisotopic (exact) mass is 227 g/mol. The quantitative estimate of drug-likeness (QED) is 0.727. The summed E-state index contributed by atoms with van der Waals surface area (Å²) in [6, 6.07) is 3.96. The maximum atomic E-state index is 4.54. The van der Waals surface area contributed by atoms with E-state index in [1.54, 1.807) is 12.4 Å². The Balaban J connectivity index is 2.16. The van der Waals surface area contributed by atoms with Gasteiger partial charge in [0.2, 0.25) is 0 Å². The smallest absolute Gasteiger partial charge is 0.156 e. The van der Waals surface area contributed by atoms with Gasteiger partial charge in [-0.05, 0) is 18.6 Å². The van der Waals surface area contributed by atoms with Crippen LogP contribution in [-0.4, -0.2) is 24.7 Å². The number of nitrogens with zero attached hydrogens (tertiary/aromatic N) is 4. The van der Waals surface area contributed by atoms with E-state index in [2.05, 4.69) is 33.0 Å². The molecule has 0 aliphatic heterocycles. The highest BCUT2D eigenvalue weighted by atomic mass is 15.3. The fraction of sp³-hybridized carbons (Fsp3) is 0.250. The van der Waals surface area contributed by atoms with Gasteiger partial charge in [-0.2, -0.15) is 5.10 Å². The van der Waals surface area contributed by atoms with Crippen molar-refractivity contribution in [3.05, 3.63) is 30.2 Å². The predicted molar refractivity (Wildman–Crippen MR) is 65.5 cm³/mol. The van der Waals surface area contributed by atoms with E-state index in [-0.39, 0.29) is 0 Å². The molecular weight excluding hydrogens is 214 g/mol. The summed E-state index contributed by atoms with van der Waals surface area (Å²) in [7, 11) is 1.93. The number of rotatable bonds is 2. The molecule has 0 aliphatic carbocycles. The summed E-state index contributed by atoms with van der Waals surface area (Å²) in [4.78, 5) is 11.9. The molecule has 0 spiro atoms. The lowest BCUT2D eigenvalue weighted by atomic mass is 10.3. The van der Waals surface area contributed by atoms with Crippen LogP contribution in [0.5, 0.6) is 0 Å². The summed E-state index contributed by atoms with van der Waals surface area (Å²) in [6.45, 7) is 2.09. The van der Waals surface area contributed by atoms with E-state index in [1.807, 2.05) is 17.8 Å². The number of aromatic amines is 1. The molecule has 0 atom stereocenters. The van der Waals surface area contributed by atoms with Gasteiger partial charge in [-0.1, -0.05) is 6.92 Å². The highest BCUT2D eigenvalue weighted by Gasteiger charge is 2.10. The number of hydrogen-bond donors (Lipinski definition) is 1. The minimum atomic E-state index is 0.836. The zero-order chi connectivity index (χ0) is 11.8. The Morgan fingerprint density at radius 1 is 1.41 bits per heavy atom. The van der Waals surface area contributed by atoms with E-state index in [0.29, 0.717) is 0 Å². The number of pyridine rings is 1. The molecule has 5 nitrogen and oxygen atoms in total. The van der Waals surface area contributed by atoms with E-state index in [0.717, 1.165) is 34.7 Å². The minimum Gasteiger partial charge on any atom is -0.335 e.